The van der Waals surface area contributed by atoms with E-state index in [9.17, 15) is 23.6 Å². The van der Waals surface area contributed by atoms with Crippen LogP contribution in [0.2, 0.25) is 0 Å². The summed E-state index contributed by atoms with van der Waals surface area (Å²) >= 11 is 0. The molecule has 10 heteroatoms. The molecule has 9 nitrogen and oxygen atoms in total. The Morgan fingerprint density at radius 3 is 2.70 bits per heavy atom. The van der Waals surface area contributed by atoms with E-state index in [1.54, 1.807) is 35.2 Å². The minimum absolute atomic E-state index is 0.114. The third-order valence-electron chi connectivity index (χ3n) is 7.50. The van der Waals surface area contributed by atoms with Gasteiger partial charge in [0.1, 0.15) is 12.4 Å². The fraction of sp³-hybridized carbons (Fsp3) is 0.407. The number of aryl methyl sites for hydroxylation is 1. The summed E-state index contributed by atoms with van der Waals surface area (Å²) in [6.45, 7) is 1.68. The third kappa shape index (κ3) is 4.63. The molecule has 5 amide bonds. The quantitative estimate of drug-likeness (QED) is 0.595. The van der Waals surface area contributed by atoms with Crippen molar-refractivity contribution in [3.8, 4) is 0 Å². The number of carbonyl (C=O) groups is 4. The van der Waals surface area contributed by atoms with E-state index < -0.39 is 35.9 Å². The van der Waals surface area contributed by atoms with Crippen LogP contribution in [0.25, 0.3) is 0 Å². The van der Waals surface area contributed by atoms with Crippen molar-refractivity contribution in [1.29, 1.82) is 0 Å². The molecule has 0 bridgehead atoms. The van der Waals surface area contributed by atoms with Gasteiger partial charge in [-0.15, -0.1) is 0 Å². The normalized spacial score (nSPS) is 21.0. The Morgan fingerprint density at radius 1 is 1.22 bits per heavy atom. The molecule has 194 valence electrons. The van der Waals surface area contributed by atoms with Gasteiger partial charge in [-0.05, 0) is 67.5 Å². The van der Waals surface area contributed by atoms with E-state index in [2.05, 4.69) is 10.6 Å². The molecule has 2 N–H and O–H groups in total. The summed E-state index contributed by atoms with van der Waals surface area (Å²) in [5, 5.41) is 5.17. The van der Waals surface area contributed by atoms with Crippen molar-refractivity contribution in [3.63, 3.8) is 0 Å². The highest BCUT2D eigenvalue weighted by molar-refractivity contribution is 6.06. The first-order valence-electron chi connectivity index (χ1n) is 12.4. The maximum Gasteiger partial charge on any atom is 0.418 e. The molecule has 1 aliphatic heterocycles. The van der Waals surface area contributed by atoms with Gasteiger partial charge in [0.2, 0.25) is 11.5 Å². The first kappa shape index (κ1) is 24.7. The van der Waals surface area contributed by atoms with Gasteiger partial charge in [0.05, 0.1) is 0 Å². The van der Waals surface area contributed by atoms with Gasteiger partial charge < -0.3 is 20.3 Å². The van der Waals surface area contributed by atoms with E-state index in [0.29, 0.717) is 29.2 Å². The van der Waals surface area contributed by atoms with Gasteiger partial charge in [-0.1, -0.05) is 18.2 Å². The smallest absolute Gasteiger partial charge is 0.418 e. The highest BCUT2D eigenvalue weighted by Gasteiger charge is 2.58. The zero-order chi connectivity index (χ0) is 26.3. The molecule has 1 saturated carbocycles. The lowest BCUT2D eigenvalue weighted by molar-refractivity contribution is -0.143. The van der Waals surface area contributed by atoms with Crippen molar-refractivity contribution in [1.82, 2.24) is 15.1 Å². The van der Waals surface area contributed by atoms with Crippen LogP contribution < -0.4 is 10.6 Å². The average molecular weight is 509 g/mol. The van der Waals surface area contributed by atoms with E-state index in [0.717, 1.165) is 23.3 Å². The van der Waals surface area contributed by atoms with Gasteiger partial charge in [-0.2, -0.15) is 0 Å². The predicted octanol–water partition coefficient (Wildman–Crippen LogP) is 3.52. The highest BCUT2D eigenvalue weighted by atomic mass is 19.1. The van der Waals surface area contributed by atoms with Crippen molar-refractivity contribution in [3.05, 3.63) is 65.0 Å². The zero-order valence-corrected chi connectivity index (χ0v) is 20.8. The SMILES string of the molecule is CNC(=O)Nc1ccc2c(c1)CC[C@@]21OC(=O)N(CC(=O)N(Cc2cccc(F)c2)[C@@H](C)C2CC2)C1=O. The van der Waals surface area contributed by atoms with Crippen LogP contribution in [0.4, 0.5) is 19.7 Å². The minimum atomic E-state index is -1.48. The van der Waals surface area contributed by atoms with Crippen LogP contribution in [0.1, 0.15) is 42.9 Å². The number of urea groups is 1. The number of ether oxygens (including phenoxy) is 1. The Labute approximate surface area is 213 Å². The van der Waals surface area contributed by atoms with E-state index in [1.165, 1.54) is 19.2 Å². The molecule has 2 atom stereocenters. The molecule has 2 aliphatic carbocycles. The Bertz CT molecular complexity index is 1280. The maximum absolute atomic E-state index is 13.8. The second kappa shape index (κ2) is 9.49. The summed E-state index contributed by atoms with van der Waals surface area (Å²) in [6, 6.07) is 10.7. The summed E-state index contributed by atoms with van der Waals surface area (Å²) < 4.78 is 19.4. The number of imide groups is 1. The fourth-order valence-corrected chi connectivity index (χ4v) is 5.27. The van der Waals surface area contributed by atoms with Crippen LogP contribution in [0.3, 0.4) is 0 Å². The molecule has 1 saturated heterocycles. The van der Waals surface area contributed by atoms with Crippen LogP contribution in [-0.2, 0) is 32.9 Å². The molecule has 0 aromatic heterocycles. The molecule has 2 fully saturated rings. The summed E-state index contributed by atoms with van der Waals surface area (Å²) in [5.41, 5.74) is 1.07. The van der Waals surface area contributed by atoms with Crippen molar-refractivity contribution in [2.24, 2.45) is 5.92 Å². The first-order valence-corrected chi connectivity index (χ1v) is 12.4. The van der Waals surface area contributed by atoms with Crippen molar-refractivity contribution >= 4 is 29.6 Å². The average Bonchev–Trinajstić information content (AvgIpc) is 3.63. The molecular weight excluding hydrogens is 479 g/mol. The molecule has 5 rings (SSSR count). The number of hydrogen-bond donors (Lipinski definition) is 2. The summed E-state index contributed by atoms with van der Waals surface area (Å²) in [7, 11) is 1.51. The van der Waals surface area contributed by atoms with Gasteiger partial charge in [0, 0.05) is 37.3 Å². The maximum atomic E-state index is 13.8. The van der Waals surface area contributed by atoms with Crippen molar-refractivity contribution in [2.75, 3.05) is 18.9 Å². The number of carbonyl (C=O) groups excluding carboxylic acids is 4. The Balaban J connectivity index is 1.35. The Morgan fingerprint density at radius 2 is 2.00 bits per heavy atom. The van der Waals surface area contributed by atoms with Crippen molar-refractivity contribution < 1.29 is 28.3 Å². The molecule has 0 radical (unpaired) electrons. The second-order valence-corrected chi connectivity index (χ2v) is 9.89. The molecule has 0 unspecified atom stereocenters. The number of amides is 5. The molecule has 1 spiro atoms. The van der Waals surface area contributed by atoms with E-state index in [1.807, 2.05) is 6.92 Å². The largest absolute Gasteiger partial charge is 0.427 e. The number of halogens is 1. The topological polar surface area (TPSA) is 108 Å². The molecule has 3 aliphatic rings. The lowest BCUT2D eigenvalue weighted by Gasteiger charge is -2.30. The number of anilines is 1. The number of nitrogens with one attached hydrogen (secondary N) is 2. The lowest BCUT2D eigenvalue weighted by atomic mass is 9.94. The van der Waals surface area contributed by atoms with Gasteiger partial charge in [0.15, 0.2) is 0 Å². The van der Waals surface area contributed by atoms with Gasteiger partial charge in [-0.3, -0.25) is 9.59 Å². The highest BCUT2D eigenvalue weighted by Crippen LogP contribution is 2.46. The number of nitrogens with zero attached hydrogens (tertiary/aromatic N) is 2. The lowest BCUT2D eigenvalue weighted by Crippen LogP contribution is -2.47. The van der Waals surface area contributed by atoms with Crippen LogP contribution in [0, 0.1) is 11.7 Å². The molecule has 2 aromatic carbocycles. The van der Waals surface area contributed by atoms with E-state index in [4.69, 9.17) is 4.74 Å². The Kier molecular flexibility index (Phi) is 6.35. The first-order chi connectivity index (χ1) is 17.7. The van der Waals surface area contributed by atoms with E-state index in [-0.39, 0.29) is 25.0 Å². The number of benzene rings is 2. The molecule has 2 aromatic rings. The summed E-state index contributed by atoms with van der Waals surface area (Å²) in [4.78, 5) is 54.1. The van der Waals surface area contributed by atoms with Gasteiger partial charge in [-0.25, -0.2) is 18.9 Å². The third-order valence-corrected chi connectivity index (χ3v) is 7.50. The van der Waals surface area contributed by atoms with Gasteiger partial charge in [0.25, 0.3) is 5.91 Å². The Hall–Kier alpha value is -3.95. The predicted molar refractivity (Wildman–Crippen MR) is 132 cm³/mol. The number of fused-ring (bicyclic) bond motifs is 2. The second-order valence-electron chi connectivity index (χ2n) is 9.89. The van der Waals surface area contributed by atoms with E-state index >= 15 is 0 Å². The number of hydrogen-bond acceptors (Lipinski definition) is 5. The number of rotatable bonds is 7. The molecular formula is C27H29FN4O5. The van der Waals surface area contributed by atoms with Gasteiger partial charge >= 0.3 is 12.1 Å². The fourth-order valence-electron chi connectivity index (χ4n) is 5.27. The van der Waals surface area contributed by atoms with Crippen LogP contribution >= 0.6 is 0 Å². The van der Waals surface area contributed by atoms with Crippen LogP contribution in [0.5, 0.6) is 0 Å². The minimum Gasteiger partial charge on any atom is -0.427 e. The molecule has 1 heterocycles. The van der Waals surface area contributed by atoms with Crippen LogP contribution in [0.15, 0.2) is 42.5 Å². The van der Waals surface area contributed by atoms with Crippen molar-refractivity contribution in [2.45, 2.75) is 50.8 Å². The van der Waals surface area contributed by atoms with Crippen LogP contribution in [-0.4, -0.2) is 53.4 Å². The summed E-state index contributed by atoms with van der Waals surface area (Å²) in [5.74, 6) is -1.02. The zero-order valence-electron chi connectivity index (χ0n) is 20.8. The summed E-state index contributed by atoms with van der Waals surface area (Å²) in [6.07, 6.45) is 1.87. The standard InChI is InChI=1S/C27H29FN4O5/c1-16(18-6-7-18)31(14-17-4-3-5-20(28)12-17)23(33)15-32-24(34)27(37-26(32)36)11-10-19-13-21(8-9-22(19)27)30-25(35)29-2/h3-5,8-9,12-13,16,18H,6-7,10-11,14-15H2,1-2H3,(H2,29,30,35)/t16-,27+/m0/s1. The molecule has 37 heavy (non-hydrogen) atoms. The monoisotopic (exact) mass is 508 g/mol.